The number of hydrogen-bond acceptors (Lipinski definition) is 2. The molecule has 0 aromatic rings. The van der Waals surface area contributed by atoms with Crippen molar-refractivity contribution >= 4 is 5.71 Å². The zero-order chi connectivity index (χ0) is 9.07. The number of rotatable bonds is 2. The zero-order valence-corrected chi connectivity index (χ0v) is 8.43. The molecule has 0 bridgehead atoms. The summed E-state index contributed by atoms with van der Waals surface area (Å²) in [7, 11) is 0. The Labute approximate surface area is 69.6 Å². The Hall–Kier alpha value is -0.530. The molecule has 0 amide bonds. The van der Waals surface area contributed by atoms with Crippen LogP contribution in [0.1, 0.15) is 41.5 Å². The Morgan fingerprint density at radius 2 is 1.73 bits per heavy atom. The van der Waals surface area contributed by atoms with Gasteiger partial charge in [0.05, 0.1) is 5.71 Å². The Balaban J connectivity index is 3.93. The number of hydrogen-bond donors (Lipinski definition) is 0. The predicted octanol–water partition coefficient (Wildman–Crippen LogP) is 2.83. The third kappa shape index (κ3) is 5.89. The van der Waals surface area contributed by atoms with Crippen LogP contribution in [0.5, 0.6) is 0 Å². The van der Waals surface area contributed by atoms with Crippen molar-refractivity contribution in [2.75, 3.05) is 0 Å². The lowest BCUT2D eigenvalue weighted by molar-refractivity contribution is 0.0000999. The largest absolute Gasteiger partial charge is 0.390 e. The highest BCUT2D eigenvalue weighted by Crippen LogP contribution is 2.08. The molecule has 66 valence electrons. The first-order chi connectivity index (χ1) is 4.83. The van der Waals surface area contributed by atoms with Crippen molar-refractivity contribution in [3.05, 3.63) is 0 Å². The fourth-order valence-corrected chi connectivity index (χ4v) is 0.314. The third-order valence-electron chi connectivity index (χ3n) is 1.30. The van der Waals surface area contributed by atoms with E-state index in [4.69, 9.17) is 4.84 Å². The highest BCUT2D eigenvalue weighted by molar-refractivity contribution is 5.83. The van der Waals surface area contributed by atoms with Crippen molar-refractivity contribution in [3.63, 3.8) is 0 Å². The minimum atomic E-state index is -0.170. The van der Waals surface area contributed by atoms with Gasteiger partial charge >= 0.3 is 0 Å². The molecule has 2 heteroatoms. The van der Waals surface area contributed by atoms with Crippen LogP contribution < -0.4 is 0 Å². The van der Waals surface area contributed by atoms with Crippen molar-refractivity contribution < 1.29 is 4.84 Å². The number of oxime groups is 1. The summed E-state index contributed by atoms with van der Waals surface area (Å²) >= 11 is 0. The standard InChI is InChI=1S/C9H19NO/c1-7(2)8(3)10-11-9(4,5)6/h7H,1-6H3/b10-8-. The first-order valence-corrected chi connectivity index (χ1v) is 4.05. The van der Waals surface area contributed by atoms with Crippen LogP contribution >= 0.6 is 0 Å². The van der Waals surface area contributed by atoms with Gasteiger partial charge in [0.1, 0.15) is 5.60 Å². The van der Waals surface area contributed by atoms with Crippen LogP contribution in [0, 0.1) is 5.92 Å². The van der Waals surface area contributed by atoms with Gasteiger partial charge in [-0.3, -0.25) is 0 Å². The molecule has 0 N–H and O–H groups in total. The maximum Gasteiger partial charge on any atom is 0.129 e. The fourth-order valence-electron chi connectivity index (χ4n) is 0.314. The third-order valence-corrected chi connectivity index (χ3v) is 1.30. The van der Waals surface area contributed by atoms with Crippen LogP contribution in [-0.4, -0.2) is 11.3 Å². The van der Waals surface area contributed by atoms with Crippen LogP contribution in [0.2, 0.25) is 0 Å². The summed E-state index contributed by atoms with van der Waals surface area (Å²) in [5.41, 5.74) is 0.871. The molecule has 0 aromatic carbocycles. The van der Waals surface area contributed by atoms with Gasteiger partial charge in [0.25, 0.3) is 0 Å². The molecule has 0 atom stereocenters. The fraction of sp³-hybridized carbons (Fsp3) is 0.889. The highest BCUT2D eigenvalue weighted by Gasteiger charge is 2.10. The molecule has 0 aromatic heterocycles. The minimum Gasteiger partial charge on any atom is -0.390 e. The lowest BCUT2D eigenvalue weighted by Gasteiger charge is -2.16. The van der Waals surface area contributed by atoms with Crippen LogP contribution in [0.15, 0.2) is 5.16 Å². The second-order valence-electron chi connectivity index (χ2n) is 4.09. The SMILES string of the molecule is C/C(=N/OC(C)(C)C)C(C)C. The Bertz CT molecular complexity index is 142. The van der Waals surface area contributed by atoms with Gasteiger partial charge < -0.3 is 4.84 Å². The molecular weight excluding hydrogens is 138 g/mol. The van der Waals surface area contributed by atoms with E-state index in [1.165, 1.54) is 0 Å². The van der Waals surface area contributed by atoms with Crippen molar-refractivity contribution in [2.45, 2.75) is 47.1 Å². The quantitative estimate of drug-likeness (QED) is 0.446. The van der Waals surface area contributed by atoms with Gasteiger partial charge in [0.15, 0.2) is 0 Å². The summed E-state index contributed by atoms with van der Waals surface area (Å²) in [5.74, 6) is 0.470. The van der Waals surface area contributed by atoms with E-state index in [1.807, 2.05) is 27.7 Å². The van der Waals surface area contributed by atoms with Crippen molar-refractivity contribution in [1.29, 1.82) is 0 Å². The van der Waals surface area contributed by atoms with E-state index < -0.39 is 0 Å². The smallest absolute Gasteiger partial charge is 0.129 e. The van der Waals surface area contributed by atoms with E-state index in [9.17, 15) is 0 Å². The molecule has 0 aliphatic heterocycles. The van der Waals surface area contributed by atoms with Crippen molar-refractivity contribution in [1.82, 2.24) is 0 Å². The molecule has 0 heterocycles. The normalized spacial score (nSPS) is 13.9. The molecule has 0 rings (SSSR count). The monoisotopic (exact) mass is 157 g/mol. The Kier molecular flexibility index (Phi) is 3.56. The van der Waals surface area contributed by atoms with E-state index in [2.05, 4.69) is 19.0 Å². The molecule has 0 fully saturated rings. The summed E-state index contributed by atoms with van der Waals surface area (Å²) in [5, 5.41) is 4.01. The molecule has 2 nitrogen and oxygen atoms in total. The van der Waals surface area contributed by atoms with Crippen LogP contribution in [0.25, 0.3) is 0 Å². The topological polar surface area (TPSA) is 21.6 Å². The average molecular weight is 157 g/mol. The van der Waals surface area contributed by atoms with E-state index in [-0.39, 0.29) is 5.60 Å². The van der Waals surface area contributed by atoms with Gasteiger partial charge in [-0.05, 0) is 33.6 Å². The Morgan fingerprint density at radius 3 is 2.00 bits per heavy atom. The van der Waals surface area contributed by atoms with Crippen LogP contribution in [0.4, 0.5) is 0 Å². The molecule has 0 spiro atoms. The van der Waals surface area contributed by atoms with E-state index in [0.717, 1.165) is 5.71 Å². The van der Waals surface area contributed by atoms with E-state index in [0.29, 0.717) is 5.92 Å². The number of nitrogens with zero attached hydrogens (tertiary/aromatic N) is 1. The molecule has 0 saturated carbocycles. The van der Waals surface area contributed by atoms with Gasteiger partial charge in [-0.25, -0.2) is 0 Å². The molecule has 11 heavy (non-hydrogen) atoms. The lowest BCUT2D eigenvalue weighted by Crippen LogP contribution is -2.17. The van der Waals surface area contributed by atoms with Crippen molar-refractivity contribution in [2.24, 2.45) is 11.1 Å². The van der Waals surface area contributed by atoms with Gasteiger partial charge in [-0.15, -0.1) is 0 Å². The summed E-state index contributed by atoms with van der Waals surface area (Å²) in [6.07, 6.45) is 0. The average Bonchev–Trinajstić information content (AvgIpc) is 1.80. The highest BCUT2D eigenvalue weighted by atomic mass is 16.6. The molecule has 0 aliphatic carbocycles. The van der Waals surface area contributed by atoms with E-state index in [1.54, 1.807) is 0 Å². The van der Waals surface area contributed by atoms with Gasteiger partial charge in [-0.1, -0.05) is 19.0 Å². The van der Waals surface area contributed by atoms with Gasteiger partial charge in [0, 0.05) is 0 Å². The van der Waals surface area contributed by atoms with Crippen LogP contribution in [0.3, 0.4) is 0 Å². The summed E-state index contributed by atoms with van der Waals surface area (Å²) in [6.45, 7) is 12.2. The first kappa shape index (κ1) is 10.5. The molecule has 0 aliphatic rings. The second-order valence-corrected chi connectivity index (χ2v) is 4.09. The molecular formula is C9H19NO. The Morgan fingerprint density at radius 1 is 1.27 bits per heavy atom. The molecule has 0 unspecified atom stereocenters. The zero-order valence-electron chi connectivity index (χ0n) is 8.43. The summed E-state index contributed by atoms with van der Waals surface area (Å²) in [6, 6.07) is 0. The predicted molar refractivity (Wildman–Crippen MR) is 48.8 cm³/mol. The van der Waals surface area contributed by atoms with Crippen molar-refractivity contribution in [3.8, 4) is 0 Å². The minimum absolute atomic E-state index is 0.170. The molecule has 0 radical (unpaired) electrons. The maximum atomic E-state index is 5.24. The van der Waals surface area contributed by atoms with Gasteiger partial charge in [0.2, 0.25) is 0 Å². The lowest BCUT2D eigenvalue weighted by atomic mass is 10.1. The molecule has 0 saturated heterocycles. The van der Waals surface area contributed by atoms with Crippen LogP contribution in [-0.2, 0) is 4.84 Å². The van der Waals surface area contributed by atoms with Gasteiger partial charge in [-0.2, -0.15) is 0 Å². The first-order valence-electron chi connectivity index (χ1n) is 4.05. The second kappa shape index (κ2) is 3.74. The van der Waals surface area contributed by atoms with E-state index >= 15 is 0 Å². The summed E-state index contributed by atoms with van der Waals surface area (Å²) in [4.78, 5) is 5.24. The maximum absolute atomic E-state index is 5.24. The summed E-state index contributed by atoms with van der Waals surface area (Å²) < 4.78 is 0.